The molecule has 0 unspecified atom stereocenters. The Labute approximate surface area is 209 Å². The van der Waals surface area contributed by atoms with Gasteiger partial charge in [-0.2, -0.15) is 0 Å². The van der Waals surface area contributed by atoms with Gasteiger partial charge in [0.25, 0.3) is 0 Å². The van der Waals surface area contributed by atoms with Crippen LogP contribution in [-0.4, -0.2) is 73.5 Å². The molecule has 1 saturated heterocycles. The highest BCUT2D eigenvalue weighted by molar-refractivity contribution is 6.35. The Morgan fingerprint density at radius 1 is 1.14 bits per heavy atom. The van der Waals surface area contributed by atoms with E-state index in [0.29, 0.717) is 61.9 Å². The number of rotatable bonds is 7. The maximum absolute atomic E-state index is 15.5. The summed E-state index contributed by atoms with van der Waals surface area (Å²) in [5.41, 5.74) is -0.0860. The lowest BCUT2D eigenvalue weighted by Gasteiger charge is -2.38. The van der Waals surface area contributed by atoms with Gasteiger partial charge in [0.1, 0.15) is 5.82 Å². The van der Waals surface area contributed by atoms with E-state index >= 15 is 4.39 Å². The van der Waals surface area contributed by atoms with E-state index in [1.807, 2.05) is 36.2 Å². The first-order valence-corrected chi connectivity index (χ1v) is 12.3. The van der Waals surface area contributed by atoms with E-state index < -0.39 is 5.67 Å². The number of hydrogen-bond acceptors (Lipinski definition) is 8. The fraction of sp³-hybridized carbons (Fsp3) is 0.480. The first kappa shape index (κ1) is 23.8. The third-order valence-corrected chi connectivity index (χ3v) is 7.28. The van der Waals surface area contributed by atoms with E-state index in [4.69, 9.17) is 21.3 Å². The van der Waals surface area contributed by atoms with Crippen LogP contribution in [0.15, 0.2) is 30.5 Å². The van der Waals surface area contributed by atoms with Gasteiger partial charge < -0.3 is 24.5 Å². The lowest BCUT2D eigenvalue weighted by Crippen LogP contribution is -2.47. The third-order valence-electron chi connectivity index (χ3n) is 6.99. The van der Waals surface area contributed by atoms with Gasteiger partial charge in [-0.05, 0) is 43.5 Å². The Balaban J connectivity index is 1.52. The predicted octanol–water partition coefficient (Wildman–Crippen LogP) is 3.79. The molecule has 0 bridgehead atoms. The van der Waals surface area contributed by atoms with Gasteiger partial charge in [-0.25, -0.2) is 19.3 Å². The number of methoxy groups -OCH3 is 1. The van der Waals surface area contributed by atoms with Crippen molar-refractivity contribution in [3.05, 3.63) is 41.3 Å². The summed E-state index contributed by atoms with van der Waals surface area (Å²) in [6.07, 6.45) is 3.46. The number of nitrogens with zero attached hydrogens (tertiary/aromatic N) is 6. The standard InChI is InChI=1S/C25H30ClFN6O2/c1-31(13-14-34)17-15-18-21(19(26)16-17)29-24(25(27)6-4-7-25)30-22(18)32-9-11-33(12-10-32)23-20(35-2)5-3-8-28-23/h3,5,8,15-16,34H,4,6-7,9-14H2,1-2H3. The summed E-state index contributed by atoms with van der Waals surface area (Å²) >= 11 is 6.69. The van der Waals surface area contributed by atoms with Crippen molar-refractivity contribution in [3.8, 4) is 5.75 Å². The summed E-state index contributed by atoms with van der Waals surface area (Å²) in [6, 6.07) is 7.56. The molecule has 1 aliphatic heterocycles. The summed E-state index contributed by atoms with van der Waals surface area (Å²) in [7, 11) is 3.54. The molecule has 2 aromatic heterocycles. The number of likely N-dealkylation sites (N-methyl/N-ethyl adjacent to an activating group) is 1. The van der Waals surface area contributed by atoms with Crippen LogP contribution in [0.2, 0.25) is 5.02 Å². The number of ether oxygens (including phenoxy) is 1. The van der Waals surface area contributed by atoms with Gasteiger partial charge in [0.15, 0.2) is 23.1 Å². The molecule has 186 valence electrons. The average molecular weight is 501 g/mol. The van der Waals surface area contributed by atoms with Gasteiger partial charge in [-0.15, -0.1) is 0 Å². The lowest BCUT2D eigenvalue weighted by molar-refractivity contribution is 0.0512. The van der Waals surface area contributed by atoms with Crippen molar-refractivity contribution in [1.82, 2.24) is 15.0 Å². The number of alkyl halides is 1. The van der Waals surface area contributed by atoms with E-state index in [2.05, 4.69) is 19.8 Å². The molecule has 0 amide bonds. The number of anilines is 3. The molecular formula is C25H30ClFN6O2. The number of benzene rings is 1. The second kappa shape index (κ2) is 9.62. The highest BCUT2D eigenvalue weighted by Crippen LogP contribution is 2.45. The molecule has 1 saturated carbocycles. The number of pyridine rings is 1. The highest BCUT2D eigenvalue weighted by Gasteiger charge is 2.42. The fourth-order valence-electron chi connectivity index (χ4n) is 4.72. The average Bonchev–Trinajstić information content (AvgIpc) is 2.87. The summed E-state index contributed by atoms with van der Waals surface area (Å²) in [5.74, 6) is 2.47. The molecule has 10 heteroatoms. The van der Waals surface area contributed by atoms with E-state index in [-0.39, 0.29) is 12.4 Å². The molecule has 2 aliphatic rings. The molecule has 1 aromatic carbocycles. The Morgan fingerprint density at radius 2 is 1.86 bits per heavy atom. The third kappa shape index (κ3) is 4.43. The van der Waals surface area contributed by atoms with Crippen molar-refractivity contribution in [2.45, 2.75) is 24.9 Å². The van der Waals surface area contributed by atoms with Crippen LogP contribution in [0, 0.1) is 0 Å². The number of halogens is 2. The Morgan fingerprint density at radius 3 is 2.49 bits per heavy atom. The quantitative estimate of drug-likeness (QED) is 0.525. The van der Waals surface area contributed by atoms with Crippen LogP contribution in [0.5, 0.6) is 5.75 Å². The van der Waals surface area contributed by atoms with E-state index in [0.717, 1.165) is 29.1 Å². The zero-order valence-electron chi connectivity index (χ0n) is 20.0. The van der Waals surface area contributed by atoms with Crippen molar-refractivity contribution in [3.63, 3.8) is 0 Å². The fourth-order valence-corrected chi connectivity index (χ4v) is 4.98. The summed E-state index contributed by atoms with van der Waals surface area (Å²) < 4.78 is 21.0. The summed E-state index contributed by atoms with van der Waals surface area (Å²) in [6.45, 7) is 3.28. The normalized spacial score (nSPS) is 17.4. The topological polar surface area (TPSA) is 77.9 Å². The van der Waals surface area contributed by atoms with E-state index in [1.165, 1.54) is 0 Å². The van der Waals surface area contributed by atoms with Crippen LogP contribution in [0.1, 0.15) is 25.1 Å². The molecule has 0 spiro atoms. The predicted molar refractivity (Wildman–Crippen MR) is 137 cm³/mol. The molecule has 2 fully saturated rings. The highest BCUT2D eigenvalue weighted by atomic mass is 35.5. The molecule has 0 radical (unpaired) electrons. The van der Waals surface area contributed by atoms with Crippen LogP contribution in [0.3, 0.4) is 0 Å². The zero-order chi connectivity index (χ0) is 24.6. The summed E-state index contributed by atoms with van der Waals surface area (Å²) in [5, 5.41) is 10.6. The monoisotopic (exact) mass is 500 g/mol. The van der Waals surface area contributed by atoms with Crippen LogP contribution < -0.4 is 19.4 Å². The minimum atomic E-state index is -1.50. The number of fused-ring (bicyclic) bond motifs is 1. The summed E-state index contributed by atoms with van der Waals surface area (Å²) in [4.78, 5) is 20.2. The number of aliphatic hydroxyl groups excluding tert-OH is 1. The maximum atomic E-state index is 15.5. The van der Waals surface area contributed by atoms with Crippen molar-refractivity contribution in [2.75, 3.05) is 68.2 Å². The second-order valence-corrected chi connectivity index (χ2v) is 9.57. The van der Waals surface area contributed by atoms with Gasteiger partial charge in [-0.1, -0.05) is 11.6 Å². The molecule has 3 aromatic rings. The maximum Gasteiger partial charge on any atom is 0.171 e. The first-order valence-electron chi connectivity index (χ1n) is 11.9. The minimum Gasteiger partial charge on any atom is -0.493 e. The molecule has 8 nitrogen and oxygen atoms in total. The minimum absolute atomic E-state index is 0.0256. The SMILES string of the molecule is COc1cccnc1N1CCN(c2nc(C3(F)CCC3)nc3c(Cl)cc(N(C)CCO)cc23)CC1. The van der Waals surface area contributed by atoms with Crippen molar-refractivity contribution >= 4 is 39.8 Å². The number of aliphatic hydroxyl groups is 1. The van der Waals surface area contributed by atoms with E-state index in [9.17, 15) is 5.11 Å². The van der Waals surface area contributed by atoms with E-state index in [1.54, 1.807) is 13.3 Å². The van der Waals surface area contributed by atoms with Gasteiger partial charge in [-0.3, -0.25) is 0 Å². The Kier molecular flexibility index (Phi) is 6.55. The molecule has 35 heavy (non-hydrogen) atoms. The molecule has 1 N–H and O–H groups in total. The van der Waals surface area contributed by atoms with Crippen LogP contribution in [0.4, 0.5) is 21.7 Å². The van der Waals surface area contributed by atoms with Crippen molar-refractivity contribution in [1.29, 1.82) is 0 Å². The first-order chi connectivity index (χ1) is 16.9. The largest absolute Gasteiger partial charge is 0.493 e. The zero-order valence-corrected chi connectivity index (χ0v) is 20.8. The van der Waals surface area contributed by atoms with Gasteiger partial charge in [0.2, 0.25) is 0 Å². The molecule has 5 rings (SSSR count). The molecule has 1 aliphatic carbocycles. The second-order valence-electron chi connectivity index (χ2n) is 9.16. The molecule has 3 heterocycles. The Hall–Kier alpha value is -2.91. The smallest absolute Gasteiger partial charge is 0.171 e. The molecular weight excluding hydrogens is 471 g/mol. The van der Waals surface area contributed by atoms with Gasteiger partial charge in [0, 0.05) is 57.0 Å². The van der Waals surface area contributed by atoms with Gasteiger partial charge in [0.05, 0.1) is 24.3 Å². The number of aromatic nitrogens is 3. The van der Waals surface area contributed by atoms with Crippen molar-refractivity contribution in [2.24, 2.45) is 0 Å². The lowest BCUT2D eigenvalue weighted by atomic mass is 9.81. The van der Waals surface area contributed by atoms with Crippen LogP contribution in [0.25, 0.3) is 10.9 Å². The van der Waals surface area contributed by atoms with Crippen LogP contribution in [-0.2, 0) is 5.67 Å². The Bertz CT molecular complexity index is 1220. The van der Waals surface area contributed by atoms with Gasteiger partial charge >= 0.3 is 0 Å². The van der Waals surface area contributed by atoms with Crippen molar-refractivity contribution < 1.29 is 14.2 Å². The van der Waals surface area contributed by atoms with Crippen LogP contribution >= 0.6 is 11.6 Å². The number of piperazine rings is 1. The number of hydrogen-bond donors (Lipinski definition) is 1. The molecule has 0 atom stereocenters.